The summed E-state index contributed by atoms with van der Waals surface area (Å²) in [7, 11) is -4.60. The lowest BCUT2D eigenvalue weighted by molar-refractivity contribution is -0.140. The summed E-state index contributed by atoms with van der Waals surface area (Å²) in [5.41, 5.74) is -2.14. The zero-order chi connectivity index (χ0) is 32.3. The smallest absolute Gasteiger partial charge is 0.350 e. The van der Waals surface area contributed by atoms with Crippen LogP contribution in [-0.4, -0.2) is 43.3 Å². The van der Waals surface area contributed by atoms with Crippen LogP contribution in [0.15, 0.2) is 71.6 Å². The first kappa shape index (κ1) is 34.5. The monoisotopic (exact) mass is 677 g/mol. The molecule has 0 aliphatic rings. The van der Waals surface area contributed by atoms with Crippen LogP contribution in [-0.2, 0) is 32.3 Å². The second kappa shape index (κ2) is 13.3. The van der Waals surface area contributed by atoms with E-state index in [1.54, 1.807) is 32.9 Å². The molecule has 0 spiro atoms. The first-order valence-corrected chi connectivity index (χ1v) is 15.4. The first-order chi connectivity index (χ1) is 19.8. The number of benzene rings is 3. The molecule has 0 unspecified atom stereocenters. The molecule has 0 aromatic heterocycles. The number of alkyl halides is 3. The van der Waals surface area contributed by atoms with Gasteiger partial charge in [0.25, 0.3) is 10.0 Å². The molecule has 1 N–H and O–H groups in total. The molecule has 2 amide bonds. The highest BCUT2D eigenvalue weighted by molar-refractivity contribution is 7.92. The van der Waals surface area contributed by atoms with Gasteiger partial charge in [0, 0.05) is 27.7 Å². The Morgan fingerprint density at radius 2 is 1.47 bits per heavy atom. The van der Waals surface area contributed by atoms with E-state index in [0.717, 1.165) is 17.0 Å². The first-order valence-electron chi connectivity index (χ1n) is 12.8. The number of nitrogens with one attached hydrogen (secondary N) is 1. The largest absolute Gasteiger partial charge is 0.417 e. The minimum atomic E-state index is -4.91. The van der Waals surface area contributed by atoms with Gasteiger partial charge in [0.2, 0.25) is 11.8 Å². The van der Waals surface area contributed by atoms with Gasteiger partial charge in [0.1, 0.15) is 12.6 Å². The number of nitrogens with zero attached hydrogens (tertiary/aromatic N) is 2. The summed E-state index contributed by atoms with van der Waals surface area (Å²) in [6, 6.07) is 12.9. The van der Waals surface area contributed by atoms with Crippen molar-refractivity contribution in [2.75, 3.05) is 10.8 Å². The van der Waals surface area contributed by atoms with Crippen LogP contribution in [0.2, 0.25) is 15.1 Å². The number of sulfonamides is 1. The summed E-state index contributed by atoms with van der Waals surface area (Å²) in [5.74, 6) is -1.47. The Labute approximate surface area is 263 Å². The Bertz CT molecular complexity index is 1580. The van der Waals surface area contributed by atoms with Gasteiger partial charge in [-0.15, -0.1) is 0 Å². The van der Waals surface area contributed by atoms with Crippen molar-refractivity contribution in [3.63, 3.8) is 0 Å². The Balaban J connectivity index is 2.16. The Morgan fingerprint density at radius 3 is 2.00 bits per heavy atom. The highest BCUT2D eigenvalue weighted by Crippen LogP contribution is 2.38. The number of anilines is 1. The van der Waals surface area contributed by atoms with Crippen LogP contribution in [0.25, 0.3) is 0 Å². The van der Waals surface area contributed by atoms with E-state index >= 15 is 0 Å². The van der Waals surface area contributed by atoms with Crippen molar-refractivity contribution in [2.45, 2.75) is 56.9 Å². The van der Waals surface area contributed by atoms with Crippen molar-refractivity contribution in [2.24, 2.45) is 0 Å². The number of rotatable bonds is 9. The van der Waals surface area contributed by atoms with Crippen molar-refractivity contribution < 1.29 is 31.2 Å². The maximum atomic E-state index is 14.0. The van der Waals surface area contributed by atoms with Crippen molar-refractivity contribution in [3.8, 4) is 0 Å². The summed E-state index contributed by atoms with van der Waals surface area (Å²) < 4.78 is 69.4. The summed E-state index contributed by atoms with van der Waals surface area (Å²) in [6.07, 6.45) is -4.91. The second-order valence-electron chi connectivity index (χ2n) is 10.6. The van der Waals surface area contributed by atoms with Gasteiger partial charge in [0.05, 0.1) is 21.2 Å². The maximum Gasteiger partial charge on any atom is 0.417 e. The second-order valence-corrected chi connectivity index (χ2v) is 13.7. The minimum absolute atomic E-state index is 0.190. The van der Waals surface area contributed by atoms with Gasteiger partial charge >= 0.3 is 6.18 Å². The predicted octanol–water partition coefficient (Wildman–Crippen LogP) is 7.19. The van der Waals surface area contributed by atoms with Crippen LogP contribution in [0.4, 0.5) is 18.9 Å². The lowest BCUT2D eigenvalue weighted by atomic mass is 10.1. The Hall–Kier alpha value is -2.99. The molecule has 1 atom stereocenters. The molecular formula is C29H29Cl3F3N3O4S. The van der Waals surface area contributed by atoms with E-state index in [1.165, 1.54) is 43.3 Å². The molecule has 0 radical (unpaired) electrons. The molecule has 0 aliphatic heterocycles. The fraction of sp³-hybridized carbons (Fsp3) is 0.310. The third-order valence-corrected chi connectivity index (χ3v) is 9.03. The molecule has 0 saturated heterocycles. The molecule has 43 heavy (non-hydrogen) atoms. The molecule has 0 bridgehead atoms. The lowest BCUT2D eigenvalue weighted by Crippen LogP contribution is -2.54. The van der Waals surface area contributed by atoms with E-state index in [0.29, 0.717) is 10.4 Å². The van der Waals surface area contributed by atoms with E-state index in [1.807, 2.05) is 0 Å². The quantitative estimate of drug-likeness (QED) is 0.260. The maximum absolute atomic E-state index is 14.0. The zero-order valence-electron chi connectivity index (χ0n) is 23.5. The summed E-state index contributed by atoms with van der Waals surface area (Å²) in [4.78, 5) is 28.0. The minimum Gasteiger partial charge on any atom is -0.350 e. The highest BCUT2D eigenvalue weighted by atomic mass is 35.5. The van der Waals surface area contributed by atoms with Gasteiger partial charge < -0.3 is 10.2 Å². The Morgan fingerprint density at radius 1 is 0.884 bits per heavy atom. The fourth-order valence-electron chi connectivity index (χ4n) is 4.04. The molecule has 0 fully saturated rings. The van der Waals surface area contributed by atoms with E-state index in [9.17, 15) is 31.2 Å². The number of hydrogen-bond acceptors (Lipinski definition) is 4. The van der Waals surface area contributed by atoms with Gasteiger partial charge in [-0.05, 0) is 70.2 Å². The van der Waals surface area contributed by atoms with Crippen molar-refractivity contribution >= 4 is 62.3 Å². The molecule has 7 nitrogen and oxygen atoms in total. The molecule has 14 heteroatoms. The van der Waals surface area contributed by atoms with Crippen LogP contribution in [0.3, 0.4) is 0 Å². The Kier molecular flexibility index (Phi) is 10.7. The van der Waals surface area contributed by atoms with Gasteiger partial charge in [-0.25, -0.2) is 8.42 Å². The molecule has 3 rings (SSSR count). The van der Waals surface area contributed by atoms with Crippen LogP contribution in [0, 0.1) is 0 Å². The SMILES string of the molecule is C[C@@H](C(=O)NC(C)(C)C)N(Cc1c(Cl)cccc1Cl)C(=O)CN(c1ccc(Cl)c(C(F)(F)F)c1)S(=O)(=O)c1ccccc1. The van der Waals surface area contributed by atoms with E-state index in [-0.39, 0.29) is 27.0 Å². The van der Waals surface area contributed by atoms with E-state index < -0.39 is 62.4 Å². The molecule has 3 aromatic carbocycles. The normalized spacial score (nSPS) is 12.9. The molecule has 3 aromatic rings. The third-order valence-electron chi connectivity index (χ3n) is 6.21. The average molecular weight is 679 g/mol. The highest BCUT2D eigenvalue weighted by Gasteiger charge is 2.37. The van der Waals surface area contributed by atoms with Crippen molar-refractivity contribution in [1.82, 2.24) is 10.2 Å². The topological polar surface area (TPSA) is 86.8 Å². The molecule has 0 heterocycles. The fourth-order valence-corrected chi connectivity index (χ4v) is 6.21. The molecule has 0 saturated carbocycles. The van der Waals surface area contributed by atoms with Crippen LogP contribution in [0.5, 0.6) is 0 Å². The van der Waals surface area contributed by atoms with E-state index in [4.69, 9.17) is 34.8 Å². The molecular weight excluding hydrogens is 650 g/mol. The number of amides is 2. The van der Waals surface area contributed by atoms with E-state index in [2.05, 4.69) is 5.32 Å². The third kappa shape index (κ3) is 8.56. The summed E-state index contributed by atoms with van der Waals surface area (Å²) in [6.45, 7) is 5.38. The lowest BCUT2D eigenvalue weighted by Gasteiger charge is -2.34. The predicted molar refractivity (Wildman–Crippen MR) is 162 cm³/mol. The van der Waals surface area contributed by atoms with Gasteiger partial charge in [-0.2, -0.15) is 13.2 Å². The standard InChI is InChI=1S/C29H29Cl3F3N3O4S/c1-18(27(40)36-28(2,3)4)37(16-21-23(30)11-8-12-24(21)31)26(39)17-38(43(41,42)20-9-6-5-7-10-20)19-13-14-25(32)22(15-19)29(33,34)35/h5-15,18H,16-17H2,1-4H3,(H,36,40)/t18-/m0/s1. The van der Waals surface area contributed by atoms with Crippen LogP contribution < -0.4 is 9.62 Å². The van der Waals surface area contributed by atoms with Crippen LogP contribution in [0.1, 0.15) is 38.8 Å². The van der Waals surface area contributed by atoms with Crippen LogP contribution >= 0.6 is 34.8 Å². The number of halogens is 6. The van der Waals surface area contributed by atoms with Crippen molar-refractivity contribution in [1.29, 1.82) is 0 Å². The van der Waals surface area contributed by atoms with Gasteiger partial charge in [-0.1, -0.05) is 59.1 Å². The molecule has 232 valence electrons. The van der Waals surface area contributed by atoms with Crippen molar-refractivity contribution in [3.05, 3.63) is 92.9 Å². The van der Waals surface area contributed by atoms with Gasteiger partial charge in [-0.3, -0.25) is 13.9 Å². The number of carbonyl (C=O) groups excluding carboxylic acids is 2. The average Bonchev–Trinajstić information content (AvgIpc) is 2.90. The van der Waals surface area contributed by atoms with Gasteiger partial charge in [0.15, 0.2) is 0 Å². The number of hydrogen-bond donors (Lipinski definition) is 1. The zero-order valence-corrected chi connectivity index (χ0v) is 26.6. The number of carbonyl (C=O) groups is 2. The summed E-state index contributed by atoms with van der Waals surface area (Å²) in [5, 5.41) is 2.50. The molecule has 0 aliphatic carbocycles. The summed E-state index contributed by atoms with van der Waals surface area (Å²) >= 11 is 18.5.